The van der Waals surface area contributed by atoms with Crippen LogP contribution in [0.3, 0.4) is 0 Å². The fourth-order valence-corrected chi connectivity index (χ4v) is 1.83. The lowest BCUT2D eigenvalue weighted by molar-refractivity contribution is -0.137. The Balaban J connectivity index is 1.98. The van der Waals surface area contributed by atoms with Crippen LogP contribution in [-0.4, -0.2) is 50.8 Å². The normalized spacial score (nSPS) is 17.3. The van der Waals surface area contributed by atoms with Gasteiger partial charge in [0.25, 0.3) is 5.91 Å². The highest BCUT2D eigenvalue weighted by molar-refractivity contribution is 5.83. The predicted molar refractivity (Wildman–Crippen MR) is 68.9 cm³/mol. The number of ether oxygens (including phenoxy) is 2. The molecule has 0 spiro atoms. The average molecular weight is 250 g/mol. The Morgan fingerprint density at radius 3 is 3.11 bits per heavy atom. The predicted octanol–water partition coefficient (Wildman–Crippen LogP) is 0.964. The number of nitrogens with one attached hydrogen (secondary N) is 1. The largest absolute Gasteiger partial charge is 0.477 e. The van der Waals surface area contributed by atoms with Crippen molar-refractivity contribution < 1.29 is 14.3 Å². The molecule has 0 radical (unpaired) electrons. The van der Waals surface area contributed by atoms with Gasteiger partial charge in [-0.3, -0.25) is 4.79 Å². The SMILES string of the molecule is COCCN(C)C(=O)C1CNc2ccccc2O1. The molecule has 1 atom stereocenters. The molecular weight excluding hydrogens is 232 g/mol. The number of fused-ring (bicyclic) bond motifs is 1. The summed E-state index contributed by atoms with van der Waals surface area (Å²) < 4.78 is 10.7. The number of para-hydroxylation sites is 2. The molecule has 1 heterocycles. The summed E-state index contributed by atoms with van der Waals surface area (Å²) in [6.45, 7) is 1.59. The molecule has 5 nitrogen and oxygen atoms in total. The standard InChI is InChI=1S/C13H18N2O3/c1-15(7-8-17-2)13(16)12-9-14-10-5-3-4-6-11(10)18-12/h3-6,12,14H,7-9H2,1-2H3. The fourth-order valence-electron chi connectivity index (χ4n) is 1.83. The second-order valence-corrected chi connectivity index (χ2v) is 4.24. The van der Waals surface area contributed by atoms with Gasteiger partial charge in [0, 0.05) is 20.7 Å². The van der Waals surface area contributed by atoms with Crippen LogP contribution in [0.2, 0.25) is 0 Å². The molecule has 2 rings (SSSR count). The lowest BCUT2D eigenvalue weighted by Crippen LogP contribution is -2.46. The van der Waals surface area contributed by atoms with Gasteiger partial charge in [0.1, 0.15) is 5.75 Å². The number of benzene rings is 1. The van der Waals surface area contributed by atoms with Crippen molar-refractivity contribution in [3.63, 3.8) is 0 Å². The Morgan fingerprint density at radius 2 is 2.33 bits per heavy atom. The fraction of sp³-hybridized carbons (Fsp3) is 0.462. The zero-order chi connectivity index (χ0) is 13.0. The summed E-state index contributed by atoms with van der Waals surface area (Å²) >= 11 is 0. The molecule has 0 saturated heterocycles. The van der Waals surface area contributed by atoms with E-state index in [9.17, 15) is 4.79 Å². The molecule has 1 aliphatic rings. The van der Waals surface area contributed by atoms with Gasteiger partial charge in [0.05, 0.1) is 18.8 Å². The zero-order valence-corrected chi connectivity index (χ0v) is 10.7. The molecule has 1 aromatic carbocycles. The minimum absolute atomic E-state index is 0.0333. The van der Waals surface area contributed by atoms with Crippen LogP contribution in [0.1, 0.15) is 0 Å². The molecule has 98 valence electrons. The third-order valence-electron chi connectivity index (χ3n) is 2.92. The van der Waals surface area contributed by atoms with Crippen LogP contribution in [-0.2, 0) is 9.53 Å². The number of rotatable bonds is 4. The van der Waals surface area contributed by atoms with Crippen molar-refractivity contribution in [2.75, 3.05) is 39.2 Å². The summed E-state index contributed by atoms with van der Waals surface area (Å²) in [4.78, 5) is 13.7. The van der Waals surface area contributed by atoms with Gasteiger partial charge >= 0.3 is 0 Å². The quantitative estimate of drug-likeness (QED) is 0.865. The minimum Gasteiger partial charge on any atom is -0.477 e. The highest BCUT2D eigenvalue weighted by Gasteiger charge is 2.27. The smallest absolute Gasteiger partial charge is 0.265 e. The minimum atomic E-state index is -0.471. The molecule has 1 aliphatic heterocycles. The summed E-state index contributed by atoms with van der Waals surface area (Å²) in [5.74, 6) is 0.691. The molecule has 1 aromatic rings. The Kier molecular flexibility index (Phi) is 4.04. The maximum Gasteiger partial charge on any atom is 0.265 e. The number of methoxy groups -OCH3 is 1. The Bertz CT molecular complexity index is 422. The van der Waals surface area contributed by atoms with Gasteiger partial charge in [0.15, 0.2) is 6.10 Å². The van der Waals surface area contributed by atoms with Crippen molar-refractivity contribution in [1.29, 1.82) is 0 Å². The van der Waals surface area contributed by atoms with Crippen molar-refractivity contribution in [3.8, 4) is 5.75 Å². The summed E-state index contributed by atoms with van der Waals surface area (Å²) in [5, 5.41) is 3.20. The van der Waals surface area contributed by atoms with Gasteiger partial charge in [-0.25, -0.2) is 0 Å². The molecular formula is C13H18N2O3. The average Bonchev–Trinajstić information content (AvgIpc) is 2.43. The van der Waals surface area contributed by atoms with Gasteiger partial charge in [-0.05, 0) is 12.1 Å². The van der Waals surface area contributed by atoms with Crippen molar-refractivity contribution in [2.45, 2.75) is 6.10 Å². The molecule has 0 fully saturated rings. The molecule has 0 bridgehead atoms. The monoisotopic (exact) mass is 250 g/mol. The first-order valence-corrected chi connectivity index (χ1v) is 5.96. The Hall–Kier alpha value is -1.75. The maximum atomic E-state index is 12.1. The van der Waals surface area contributed by atoms with E-state index in [2.05, 4.69) is 5.32 Å². The van der Waals surface area contributed by atoms with Crippen LogP contribution < -0.4 is 10.1 Å². The van der Waals surface area contributed by atoms with E-state index in [0.717, 1.165) is 11.4 Å². The van der Waals surface area contributed by atoms with Gasteiger partial charge in [-0.1, -0.05) is 12.1 Å². The molecule has 0 aliphatic carbocycles. The first kappa shape index (κ1) is 12.7. The number of carbonyl (C=O) groups is 1. The van der Waals surface area contributed by atoms with E-state index in [-0.39, 0.29) is 5.91 Å². The van der Waals surface area contributed by atoms with E-state index in [1.807, 2.05) is 24.3 Å². The van der Waals surface area contributed by atoms with Crippen molar-refractivity contribution in [2.24, 2.45) is 0 Å². The van der Waals surface area contributed by atoms with Gasteiger partial charge < -0.3 is 19.7 Å². The van der Waals surface area contributed by atoms with E-state index in [1.54, 1.807) is 19.1 Å². The van der Waals surface area contributed by atoms with E-state index < -0.39 is 6.10 Å². The second-order valence-electron chi connectivity index (χ2n) is 4.24. The van der Waals surface area contributed by atoms with Crippen LogP contribution >= 0.6 is 0 Å². The van der Waals surface area contributed by atoms with Crippen LogP contribution in [0.25, 0.3) is 0 Å². The second kappa shape index (κ2) is 5.73. The lowest BCUT2D eigenvalue weighted by Gasteiger charge is -2.29. The maximum absolute atomic E-state index is 12.1. The zero-order valence-electron chi connectivity index (χ0n) is 10.7. The highest BCUT2D eigenvalue weighted by Crippen LogP contribution is 2.28. The van der Waals surface area contributed by atoms with Crippen LogP contribution in [0.15, 0.2) is 24.3 Å². The summed E-state index contributed by atoms with van der Waals surface area (Å²) in [6.07, 6.45) is -0.471. The Labute approximate surface area is 107 Å². The van der Waals surface area contributed by atoms with Gasteiger partial charge in [-0.2, -0.15) is 0 Å². The molecule has 0 aromatic heterocycles. The number of likely N-dealkylation sites (N-methyl/N-ethyl adjacent to an activating group) is 1. The van der Waals surface area contributed by atoms with Crippen molar-refractivity contribution >= 4 is 11.6 Å². The highest BCUT2D eigenvalue weighted by atomic mass is 16.5. The number of nitrogens with zero attached hydrogens (tertiary/aromatic N) is 1. The van der Waals surface area contributed by atoms with Crippen LogP contribution in [0, 0.1) is 0 Å². The number of hydrogen-bond acceptors (Lipinski definition) is 4. The lowest BCUT2D eigenvalue weighted by atomic mass is 10.2. The third kappa shape index (κ3) is 2.73. The summed E-state index contributed by atoms with van der Waals surface area (Å²) in [5.41, 5.74) is 0.932. The molecule has 1 amide bonds. The van der Waals surface area contributed by atoms with Crippen LogP contribution in [0.4, 0.5) is 5.69 Å². The van der Waals surface area contributed by atoms with Crippen LogP contribution in [0.5, 0.6) is 5.75 Å². The summed E-state index contributed by atoms with van der Waals surface area (Å²) in [6, 6.07) is 7.62. The van der Waals surface area contributed by atoms with E-state index >= 15 is 0 Å². The summed E-state index contributed by atoms with van der Waals surface area (Å²) in [7, 11) is 3.37. The molecule has 1 N–H and O–H groups in total. The number of hydrogen-bond donors (Lipinski definition) is 1. The van der Waals surface area contributed by atoms with E-state index in [1.165, 1.54) is 0 Å². The topological polar surface area (TPSA) is 50.8 Å². The Morgan fingerprint density at radius 1 is 1.56 bits per heavy atom. The first-order valence-electron chi connectivity index (χ1n) is 5.96. The van der Waals surface area contributed by atoms with E-state index in [4.69, 9.17) is 9.47 Å². The molecule has 1 unspecified atom stereocenters. The van der Waals surface area contributed by atoms with Crippen molar-refractivity contribution in [1.82, 2.24) is 4.90 Å². The molecule has 0 saturated carbocycles. The number of anilines is 1. The first-order chi connectivity index (χ1) is 8.72. The van der Waals surface area contributed by atoms with Gasteiger partial charge in [0.2, 0.25) is 0 Å². The molecule has 5 heteroatoms. The van der Waals surface area contributed by atoms with Crippen molar-refractivity contribution in [3.05, 3.63) is 24.3 Å². The third-order valence-corrected chi connectivity index (χ3v) is 2.92. The van der Waals surface area contributed by atoms with E-state index in [0.29, 0.717) is 19.7 Å². The number of carbonyl (C=O) groups excluding carboxylic acids is 1. The molecule has 18 heavy (non-hydrogen) atoms. The van der Waals surface area contributed by atoms with Gasteiger partial charge in [-0.15, -0.1) is 0 Å². The number of amides is 1.